The molecule has 14 heteroatoms. The highest BCUT2D eigenvalue weighted by molar-refractivity contribution is 5.92. The molecule has 0 aromatic carbocycles. The molecule has 0 amide bonds. The summed E-state index contributed by atoms with van der Waals surface area (Å²) in [7, 11) is 2.81. The van der Waals surface area contributed by atoms with E-state index < -0.39 is 73.4 Å². The van der Waals surface area contributed by atoms with Crippen LogP contribution in [0.2, 0.25) is 0 Å². The molecule has 4 unspecified atom stereocenters. The van der Waals surface area contributed by atoms with Crippen LogP contribution in [0, 0.1) is 0 Å². The van der Waals surface area contributed by atoms with E-state index in [9.17, 15) is 28.8 Å². The fraction of sp³-hybridized carbons (Fsp3) is 0.706. The number of nitrogens with zero attached hydrogens (tertiary/aromatic N) is 2. The van der Waals surface area contributed by atoms with Gasteiger partial charge in [-0.1, -0.05) is 50.2 Å². The molecule has 274 valence electrons. The lowest BCUT2D eigenvalue weighted by atomic mass is 10.0. The molecule has 0 aromatic rings. The Morgan fingerprint density at radius 2 is 0.750 bits per heavy atom. The van der Waals surface area contributed by atoms with Crippen LogP contribution in [0.3, 0.4) is 0 Å². The van der Waals surface area contributed by atoms with E-state index in [4.69, 9.17) is 28.4 Å². The van der Waals surface area contributed by atoms with Gasteiger partial charge in [0.05, 0.1) is 0 Å². The molecule has 0 aliphatic rings. The maximum atomic E-state index is 13.0. The Morgan fingerprint density at radius 3 is 0.979 bits per heavy atom. The first-order valence-electron chi connectivity index (χ1n) is 16.4. The number of likely N-dealkylation sites (N-methyl/N-ethyl adjacent to an activating group) is 2. The van der Waals surface area contributed by atoms with Crippen molar-refractivity contribution < 1.29 is 57.2 Å². The van der Waals surface area contributed by atoms with Crippen LogP contribution in [-0.2, 0) is 57.2 Å². The molecule has 0 aliphatic carbocycles. The third-order valence-electron chi connectivity index (χ3n) is 6.51. The van der Waals surface area contributed by atoms with Crippen molar-refractivity contribution >= 4 is 35.8 Å². The summed E-state index contributed by atoms with van der Waals surface area (Å²) in [5.41, 5.74) is 1.15. The molecule has 0 saturated carbocycles. The largest absolute Gasteiger partial charge is 0.681 e. The molecule has 0 aromatic heterocycles. The number of hydrogen-bond acceptors (Lipinski definition) is 12. The van der Waals surface area contributed by atoms with E-state index in [0.717, 1.165) is 0 Å². The van der Waals surface area contributed by atoms with E-state index in [0.29, 0.717) is 36.8 Å². The number of carbonyl (C=O) groups is 6. The van der Waals surface area contributed by atoms with Crippen LogP contribution in [0.4, 0.5) is 0 Å². The van der Waals surface area contributed by atoms with E-state index in [1.54, 1.807) is 55.4 Å². The lowest BCUT2D eigenvalue weighted by Crippen LogP contribution is -2.54. The number of carbonyl (C=O) groups excluding carboxylic acids is 6. The van der Waals surface area contributed by atoms with Crippen molar-refractivity contribution in [2.45, 2.75) is 131 Å². The minimum atomic E-state index is -1.68. The van der Waals surface area contributed by atoms with Gasteiger partial charge >= 0.3 is 35.8 Å². The minimum absolute atomic E-state index is 0.0220. The van der Waals surface area contributed by atoms with Crippen molar-refractivity contribution in [2.75, 3.05) is 27.3 Å². The van der Waals surface area contributed by atoms with Crippen molar-refractivity contribution in [3.8, 4) is 0 Å². The van der Waals surface area contributed by atoms with E-state index in [-0.39, 0.29) is 37.1 Å². The molecular weight excluding hydrogens is 628 g/mol. The predicted octanol–water partition coefficient (Wildman–Crippen LogP) is 5.52. The highest BCUT2D eigenvalue weighted by Crippen LogP contribution is 2.24. The fourth-order valence-corrected chi connectivity index (χ4v) is 4.28. The topological polar surface area (TPSA) is 186 Å². The Kier molecular flexibility index (Phi) is 22.0. The zero-order valence-corrected chi connectivity index (χ0v) is 30.2. The number of rotatable bonds is 23. The highest BCUT2D eigenvalue weighted by Gasteiger charge is 2.45. The van der Waals surface area contributed by atoms with Gasteiger partial charge in [-0.15, -0.1) is 14.1 Å². The second kappa shape index (κ2) is 24.1. The zero-order valence-electron chi connectivity index (χ0n) is 30.2. The molecule has 0 fully saturated rings. The molecule has 48 heavy (non-hydrogen) atoms. The average Bonchev–Trinajstić information content (AvgIpc) is 3.00. The Balaban J connectivity index is 7.29. The SMILES string of the molecule is CCCC(=O)OC(COC(=O)C([N-]C)=C(C)C)C(OC(=O)CCC)C(OC(=O)CCC)C(COC(=O)C([N-]C)=C(C)C)OC(=O)CCC. The van der Waals surface area contributed by atoms with Crippen LogP contribution in [0.5, 0.6) is 0 Å². The molecule has 0 N–H and O–H groups in total. The maximum absolute atomic E-state index is 13.0. The number of hydrogen-bond donors (Lipinski definition) is 0. The second-order valence-electron chi connectivity index (χ2n) is 11.3. The van der Waals surface area contributed by atoms with Crippen LogP contribution >= 0.6 is 0 Å². The first kappa shape index (κ1) is 43.9. The molecule has 4 atom stereocenters. The Labute approximate surface area is 284 Å². The molecule has 0 radical (unpaired) electrons. The van der Waals surface area contributed by atoms with Gasteiger partial charge in [0.1, 0.15) is 13.2 Å². The summed E-state index contributed by atoms with van der Waals surface area (Å²) in [5, 5.41) is 7.89. The Morgan fingerprint density at radius 1 is 0.479 bits per heavy atom. The van der Waals surface area contributed by atoms with Gasteiger partial charge in [0.2, 0.25) is 0 Å². The summed E-state index contributed by atoms with van der Waals surface area (Å²) in [6, 6.07) is 0. The fourth-order valence-electron chi connectivity index (χ4n) is 4.28. The Bertz CT molecular complexity index is 1050. The lowest BCUT2D eigenvalue weighted by molar-refractivity contribution is -0.209. The molecule has 0 saturated heterocycles. The highest BCUT2D eigenvalue weighted by atomic mass is 16.6. The van der Waals surface area contributed by atoms with E-state index >= 15 is 0 Å². The first-order chi connectivity index (χ1) is 22.7. The van der Waals surface area contributed by atoms with Crippen molar-refractivity contribution in [2.24, 2.45) is 0 Å². The van der Waals surface area contributed by atoms with Gasteiger partial charge in [-0.3, -0.25) is 19.2 Å². The summed E-state index contributed by atoms with van der Waals surface area (Å²) in [6.07, 6.45) is -5.12. The van der Waals surface area contributed by atoms with E-state index in [1.807, 2.05) is 0 Å². The van der Waals surface area contributed by atoms with Gasteiger partial charge in [0, 0.05) is 25.7 Å². The van der Waals surface area contributed by atoms with Crippen molar-refractivity contribution in [3.63, 3.8) is 0 Å². The average molecular weight is 683 g/mol. The summed E-state index contributed by atoms with van der Waals surface area (Å²) in [5.74, 6) is -4.65. The third kappa shape index (κ3) is 16.1. The first-order valence-corrected chi connectivity index (χ1v) is 16.4. The number of esters is 6. The molecule has 0 rings (SSSR count). The van der Waals surface area contributed by atoms with Gasteiger partial charge < -0.3 is 39.1 Å². The van der Waals surface area contributed by atoms with Gasteiger partial charge in [-0.25, -0.2) is 9.59 Å². The van der Waals surface area contributed by atoms with Crippen LogP contribution < -0.4 is 0 Å². The quantitative estimate of drug-likeness (QED) is 0.0748. The molecule has 0 bridgehead atoms. The standard InChI is InChI=1S/C34H54N2O12/c1-11-15-25(37)45-23(19-43-33(41)29(35-9)21(5)6)31(47-27(39)17-13-3)32(48-28(40)18-14-4)24(46-26(38)16-12-2)20-44-34(42)30(36-10)22(7)8/h23-24,31-32H,11-20H2,1-10H3/q-2. The molecule has 0 heterocycles. The van der Waals surface area contributed by atoms with E-state index in [1.165, 1.54) is 14.1 Å². The normalized spacial score (nSPS) is 13.0. The van der Waals surface area contributed by atoms with Crippen LogP contribution in [0.15, 0.2) is 22.5 Å². The maximum Gasteiger partial charge on any atom is 0.315 e. The lowest BCUT2D eigenvalue weighted by Gasteiger charge is -2.36. The Hall–Kier alpha value is -4.10. The number of ether oxygens (including phenoxy) is 6. The third-order valence-corrected chi connectivity index (χ3v) is 6.51. The minimum Gasteiger partial charge on any atom is -0.681 e. The van der Waals surface area contributed by atoms with Crippen molar-refractivity contribution in [1.29, 1.82) is 0 Å². The van der Waals surface area contributed by atoms with Gasteiger partial charge in [-0.05, 0) is 53.4 Å². The summed E-state index contributed by atoms with van der Waals surface area (Å²) in [6.45, 7) is 12.3. The summed E-state index contributed by atoms with van der Waals surface area (Å²) < 4.78 is 33.9. The van der Waals surface area contributed by atoms with Crippen LogP contribution in [0.1, 0.15) is 107 Å². The smallest absolute Gasteiger partial charge is 0.315 e. The zero-order chi connectivity index (χ0) is 36.8. The molecule has 14 nitrogen and oxygen atoms in total. The van der Waals surface area contributed by atoms with Crippen molar-refractivity contribution in [3.05, 3.63) is 33.2 Å². The summed E-state index contributed by atoms with van der Waals surface area (Å²) >= 11 is 0. The van der Waals surface area contributed by atoms with Gasteiger partial charge in [0.15, 0.2) is 24.4 Å². The summed E-state index contributed by atoms with van der Waals surface area (Å²) in [4.78, 5) is 77.7. The van der Waals surface area contributed by atoms with Crippen molar-refractivity contribution in [1.82, 2.24) is 0 Å². The second-order valence-corrected chi connectivity index (χ2v) is 11.3. The molecular formula is C34H54N2O12-2. The monoisotopic (exact) mass is 682 g/mol. The van der Waals surface area contributed by atoms with Crippen LogP contribution in [0.25, 0.3) is 10.6 Å². The number of allylic oxidation sites excluding steroid dienone is 2. The van der Waals surface area contributed by atoms with Gasteiger partial charge in [-0.2, -0.15) is 0 Å². The van der Waals surface area contributed by atoms with E-state index in [2.05, 4.69) is 10.6 Å². The van der Waals surface area contributed by atoms with Crippen LogP contribution in [-0.4, -0.2) is 87.5 Å². The van der Waals surface area contributed by atoms with Gasteiger partial charge in [0.25, 0.3) is 0 Å². The molecule has 0 spiro atoms. The molecule has 0 aliphatic heterocycles. The predicted molar refractivity (Wildman–Crippen MR) is 176 cm³/mol.